The number of rotatable bonds is 5. The summed E-state index contributed by atoms with van der Waals surface area (Å²) in [6, 6.07) is 15.7. The molecule has 1 N–H and O–H groups in total. The molecule has 0 aliphatic carbocycles. The Morgan fingerprint density at radius 3 is 2.36 bits per heavy atom. The maximum absolute atomic E-state index is 13.3. The van der Waals surface area contributed by atoms with Crippen LogP contribution < -0.4 is 5.32 Å². The smallest absolute Gasteiger partial charge is 0.254 e. The number of carbonyl (C=O) groups is 1. The molecule has 0 spiro atoms. The second kappa shape index (κ2) is 7.76. The molecule has 0 radical (unpaired) electrons. The van der Waals surface area contributed by atoms with Crippen LogP contribution >= 0.6 is 0 Å². The van der Waals surface area contributed by atoms with Gasteiger partial charge in [0, 0.05) is 20.3 Å². The minimum atomic E-state index is -0.693. The van der Waals surface area contributed by atoms with E-state index in [9.17, 15) is 9.18 Å². The van der Waals surface area contributed by atoms with E-state index in [2.05, 4.69) is 5.32 Å². The highest BCUT2D eigenvalue weighted by Crippen LogP contribution is 2.33. The number of carbonyl (C=O) groups excluding carboxylic acids is 1. The van der Waals surface area contributed by atoms with Crippen LogP contribution in [0.2, 0.25) is 0 Å². The van der Waals surface area contributed by atoms with Gasteiger partial charge in [-0.3, -0.25) is 4.79 Å². The Balaban J connectivity index is 1.87. The Morgan fingerprint density at radius 2 is 1.76 bits per heavy atom. The number of nitrogens with one attached hydrogen (secondary N) is 1. The van der Waals surface area contributed by atoms with Gasteiger partial charge in [0.2, 0.25) is 0 Å². The van der Waals surface area contributed by atoms with Gasteiger partial charge in [0.1, 0.15) is 5.82 Å². The fourth-order valence-corrected chi connectivity index (χ4v) is 3.30. The van der Waals surface area contributed by atoms with E-state index in [1.165, 1.54) is 19.2 Å². The van der Waals surface area contributed by atoms with Crippen molar-refractivity contribution in [2.45, 2.75) is 24.5 Å². The molecular formula is C20H22FNO3. The van der Waals surface area contributed by atoms with Gasteiger partial charge in [-0.1, -0.05) is 42.5 Å². The summed E-state index contributed by atoms with van der Waals surface area (Å²) >= 11 is 0. The number of ether oxygens (including phenoxy) is 2. The first-order valence-electron chi connectivity index (χ1n) is 8.38. The van der Waals surface area contributed by atoms with Crippen molar-refractivity contribution in [2.24, 2.45) is 0 Å². The van der Waals surface area contributed by atoms with Crippen LogP contribution in [0.25, 0.3) is 0 Å². The summed E-state index contributed by atoms with van der Waals surface area (Å²) in [5, 5.41) is 3.15. The lowest BCUT2D eigenvalue weighted by Crippen LogP contribution is -2.51. The molecule has 1 saturated heterocycles. The van der Waals surface area contributed by atoms with Gasteiger partial charge in [0.05, 0.1) is 5.54 Å². The number of halogens is 1. The third-order valence-corrected chi connectivity index (χ3v) is 4.68. The molecule has 0 aromatic heterocycles. The lowest BCUT2D eigenvalue weighted by atomic mass is 9.82. The van der Waals surface area contributed by atoms with Crippen molar-refractivity contribution in [1.82, 2.24) is 5.32 Å². The predicted molar refractivity (Wildman–Crippen MR) is 92.5 cm³/mol. The third kappa shape index (κ3) is 3.89. The van der Waals surface area contributed by atoms with E-state index in [0.29, 0.717) is 26.1 Å². The number of amides is 1. The van der Waals surface area contributed by atoms with Gasteiger partial charge < -0.3 is 14.8 Å². The predicted octanol–water partition coefficient (Wildman–Crippen LogP) is 3.34. The Morgan fingerprint density at radius 1 is 1.12 bits per heavy atom. The molecule has 25 heavy (non-hydrogen) atoms. The molecule has 1 fully saturated rings. The molecule has 132 valence electrons. The van der Waals surface area contributed by atoms with Gasteiger partial charge in [-0.25, -0.2) is 4.39 Å². The SMILES string of the molecule is CO[C@H](C(=O)NC1(c2ccc(F)cc2)CCOCC1)c1ccccc1. The monoisotopic (exact) mass is 343 g/mol. The Labute approximate surface area is 147 Å². The molecule has 0 saturated carbocycles. The molecule has 1 aliphatic heterocycles. The average Bonchev–Trinajstić information content (AvgIpc) is 2.64. The zero-order valence-electron chi connectivity index (χ0n) is 14.2. The van der Waals surface area contributed by atoms with E-state index < -0.39 is 11.6 Å². The second-order valence-electron chi connectivity index (χ2n) is 6.22. The molecule has 0 bridgehead atoms. The van der Waals surface area contributed by atoms with Gasteiger partial charge in [-0.15, -0.1) is 0 Å². The summed E-state index contributed by atoms with van der Waals surface area (Å²) in [6.07, 6.45) is 0.576. The molecule has 2 aromatic carbocycles. The highest BCUT2D eigenvalue weighted by atomic mass is 19.1. The molecule has 0 unspecified atom stereocenters. The van der Waals surface area contributed by atoms with Crippen molar-refractivity contribution in [1.29, 1.82) is 0 Å². The van der Waals surface area contributed by atoms with Crippen molar-refractivity contribution in [2.75, 3.05) is 20.3 Å². The molecule has 1 heterocycles. The Kier molecular flexibility index (Phi) is 5.46. The fourth-order valence-electron chi connectivity index (χ4n) is 3.30. The van der Waals surface area contributed by atoms with Crippen molar-refractivity contribution < 1.29 is 18.7 Å². The Bertz CT molecular complexity index is 697. The number of methoxy groups -OCH3 is 1. The largest absolute Gasteiger partial charge is 0.381 e. The van der Waals surface area contributed by atoms with E-state index in [1.54, 1.807) is 12.1 Å². The zero-order valence-corrected chi connectivity index (χ0v) is 14.2. The minimum Gasteiger partial charge on any atom is -0.381 e. The van der Waals surface area contributed by atoms with Crippen molar-refractivity contribution >= 4 is 5.91 Å². The standard InChI is InChI=1S/C20H22FNO3/c1-24-18(15-5-3-2-4-6-15)19(23)22-20(11-13-25-14-12-20)16-7-9-17(21)10-8-16/h2-10,18H,11-14H2,1H3,(H,22,23)/t18-/m0/s1. The first-order valence-corrected chi connectivity index (χ1v) is 8.38. The van der Waals surface area contributed by atoms with Gasteiger partial charge in [-0.2, -0.15) is 0 Å². The first kappa shape index (κ1) is 17.6. The van der Waals surface area contributed by atoms with E-state index >= 15 is 0 Å². The van der Waals surface area contributed by atoms with Gasteiger partial charge in [0.25, 0.3) is 5.91 Å². The molecule has 5 heteroatoms. The van der Waals surface area contributed by atoms with Crippen molar-refractivity contribution in [3.8, 4) is 0 Å². The van der Waals surface area contributed by atoms with E-state index in [4.69, 9.17) is 9.47 Å². The molecule has 4 nitrogen and oxygen atoms in total. The summed E-state index contributed by atoms with van der Waals surface area (Å²) in [7, 11) is 1.52. The van der Waals surface area contributed by atoms with Gasteiger partial charge in [0.15, 0.2) is 6.10 Å². The van der Waals surface area contributed by atoms with E-state index in [0.717, 1.165) is 11.1 Å². The highest BCUT2D eigenvalue weighted by Gasteiger charge is 2.38. The van der Waals surface area contributed by atoms with Crippen molar-refractivity contribution in [3.63, 3.8) is 0 Å². The maximum atomic E-state index is 13.3. The summed E-state index contributed by atoms with van der Waals surface area (Å²) in [5.41, 5.74) is 1.10. The van der Waals surface area contributed by atoms with Gasteiger partial charge in [-0.05, 0) is 36.1 Å². The molecule has 1 atom stereocenters. The average molecular weight is 343 g/mol. The van der Waals surface area contributed by atoms with Gasteiger partial charge >= 0.3 is 0 Å². The third-order valence-electron chi connectivity index (χ3n) is 4.68. The topological polar surface area (TPSA) is 47.6 Å². The lowest BCUT2D eigenvalue weighted by Gasteiger charge is -2.39. The van der Waals surface area contributed by atoms with Crippen LogP contribution in [-0.4, -0.2) is 26.2 Å². The Hall–Kier alpha value is -2.24. The molecule has 1 aliphatic rings. The normalized spacial score (nSPS) is 17.7. The van der Waals surface area contributed by atoms with E-state index in [1.807, 2.05) is 30.3 Å². The summed E-state index contributed by atoms with van der Waals surface area (Å²) in [5.74, 6) is -0.503. The van der Waals surface area contributed by atoms with Crippen LogP contribution in [0.15, 0.2) is 54.6 Å². The molecule has 3 rings (SSSR count). The summed E-state index contributed by atoms with van der Waals surface area (Å²) < 4.78 is 24.2. The van der Waals surface area contributed by atoms with Crippen LogP contribution in [0, 0.1) is 5.82 Å². The fraction of sp³-hybridized carbons (Fsp3) is 0.350. The zero-order chi connectivity index (χ0) is 17.7. The molecular weight excluding hydrogens is 321 g/mol. The second-order valence-corrected chi connectivity index (χ2v) is 6.22. The molecule has 2 aromatic rings. The van der Waals surface area contributed by atoms with Crippen LogP contribution in [-0.2, 0) is 19.8 Å². The van der Waals surface area contributed by atoms with Crippen LogP contribution in [0.1, 0.15) is 30.1 Å². The first-order chi connectivity index (χ1) is 12.1. The molecule has 1 amide bonds. The van der Waals surface area contributed by atoms with Crippen LogP contribution in [0.5, 0.6) is 0 Å². The highest BCUT2D eigenvalue weighted by molar-refractivity contribution is 5.83. The van der Waals surface area contributed by atoms with Crippen LogP contribution in [0.3, 0.4) is 0 Å². The number of benzene rings is 2. The number of hydrogen-bond donors (Lipinski definition) is 1. The minimum absolute atomic E-state index is 0.208. The quantitative estimate of drug-likeness (QED) is 0.906. The lowest BCUT2D eigenvalue weighted by molar-refractivity contribution is -0.135. The van der Waals surface area contributed by atoms with E-state index in [-0.39, 0.29) is 11.7 Å². The maximum Gasteiger partial charge on any atom is 0.254 e. The number of hydrogen-bond acceptors (Lipinski definition) is 3. The van der Waals surface area contributed by atoms with Crippen molar-refractivity contribution in [3.05, 3.63) is 71.5 Å². The van der Waals surface area contributed by atoms with Crippen LogP contribution in [0.4, 0.5) is 4.39 Å². The summed E-state index contributed by atoms with van der Waals surface area (Å²) in [6.45, 7) is 1.08. The summed E-state index contributed by atoms with van der Waals surface area (Å²) in [4.78, 5) is 12.9.